The molecule has 0 saturated carbocycles. The van der Waals surface area contributed by atoms with Crippen LogP contribution < -0.4 is 9.47 Å². The number of halogens is 1. The molecule has 0 aromatic heterocycles. The number of ether oxygens (including phenoxy) is 3. The predicted molar refractivity (Wildman–Crippen MR) is 55.9 cm³/mol. The summed E-state index contributed by atoms with van der Waals surface area (Å²) in [5.41, 5.74) is 0.190. The molecule has 0 atom stereocenters. The van der Waals surface area contributed by atoms with E-state index in [0.29, 0.717) is 10.8 Å². The van der Waals surface area contributed by atoms with Gasteiger partial charge in [0.25, 0.3) is 0 Å². The van der Waals surface area contributed by atoms with Crippen LogP contribution in [0.3, 0.4) is 0 Å². The molecule has 0 unspecified atom stereocenters. The Morgan fingerprint density at radius 1 is 1.20 bits per heavy atom. The van der Waals surface area contributed by atoms with E-state index >= 15 is 0 Å². The van der Waals surface area contributed by atoms with E-state index in [1.54, 1.807) is 12.1 Å². The van der Waals surface area contributed by atoms with Gasteiger partial charge in [0.1, 0.15) is 11.3 Å². The summed E-state index contributed by atoms with van der Waals surface area (Å²) in [7, 11) is 4.16. The van der Waals surface area contributed by atoms with Crippen LogP contribution in [0.2, 0.25) is 5.02 Å². The van der Waals surface area contributed by atoms with Crippen LogP contribution in [0.4, 0.5) is 0 Å². The van der Waals surface area contributed by atoms with Gasteiger partial charge < -0.3 is 14.2 Å². The molecule has 4 nitrogen and oxygen atoms in total. The van der Waals surface area contributed by atoms with Crippen molar-refractivity contribution in [3.8, 4) is 11.5 Å². The molecule has 0 aliphatic rings. The summed E-state index contributed by atoms with van der Waals surface area (Å²) >= 11 is 5.87. The van der Waals surface area contributed by atoms with E-state index in [4.69, 9.17) is 21.1 Å². The fourth-order valence-corrected chi connectivity index (χ4v) is 1.44. The summed E-state index contributed by atoms with van der Waals surface area (Å²) in [6, 6.07) is 3.17. The Kier molecular flexibility index (Phi) is 3.80. The van der Waals surface area contributed by atoms with E-state index in [-0.39, 0.29) is 11.3 Å². The van der Waals surface area contributed by atoms with Crippen molar-refractivity contribution in [2.75, 3.05) is 21.3 Å². The number of carbonyl (C=O) groups excluding carboxylic acids is 1. The van der Waals surface area contributed by atoms with Gasteiger partial charge in [-0.2, -0.15) is 0 Å². The number of esters is 1. The topological polar surface area (TPSA) is 44.8 Å². The number of hydrogen-bond donors (Lipinski definition) is 0. The smallest absolute Gasteiger partial charge is 0.345 e. The van der Waals surface area contributed by atoms with Gasteiger partial charge in [-0.15, -0.1) is 0 Å². The van der Waals surface area contributed by atoms with Gasteiger partial charge in [-0.1, -0.05) is 11.6 Å². The summed E-state index contributed by atoms with van der Waals surface area (Å²) in [6.45, 7) is 0. The lowest BCUT2D eigenvalue weighted by Crippen LogP contribution is -2.07. The Bertz CT molecular complexity index is 376. The van der Waals surface area contributed by atoms with Gasteiger partial charge >= 0.3 is 5.97 Å². The van der Waals surface area contributed by atoms with Crippen LogP contribution in [0, 0.1) is 0 Å². The Balaban J connectivity index is 3.40. The van der Waals surface area contributed by atoms with Crippen LogP contribution in [0.5, 0.6) is 11.5 Å². The molecule has 0 aliphatic heterocycles. The standard InChI is InChI=1S/C10H11ClO4/c1-13-7-5-4-6(11)9(14-2)8(7)10(12)15-3/h4-5H,1-3H3. The maximum Gasteiger partial charge on any atom is 0.345 e. The molecule has 0 heterocycles. The third kappa shape index (κ3) is 2.15. The molecule has 0 saturated heterocycles. The van der Waals surface area contributed by atoms with Crippen LogP contribution >= 0.6 is 11.6 Å². The first-order valence-corrected chi connectivity index (χ1v) is 4.52. The minimum absolute atomic E-state index is 0.190. The van der Waals surface area contributed by atoms with Crippen molar-refractivity contribution >= 4 is 17.6 Å². The zero-order chi connectivity index (χ0) is 11.4. The SMILES string of the molecule is COC(=O)c1c(OC)ccc(Cl)c1OC. The second-order valence-corrected chi connectivity index (χ2v) is 3.06. The van der Waals surface area contributed by atoms with Gasteiger partial charge in [0.15, 0.2) is 5.75 Å². The summed E-state index contributed by atoms with van der Waals surface area (Å²) in [6.07, 6.45) is 0. The van der Waals surface area contributed by atoms with Crippen LogP contribution in [0.15, 0.2) is 12.1 Å². The van der Waals surface area contributed by atoms with Crippen LogP contribution in [0.1, 0.15) is 10.4 Å². The first-order chi connectivity index (χ1) is 7.15. The fraction of sp³-hybridized carbons (Fsp3) is 0.300. The van der Waals surface area contributed by atoms with Gasteiger partial charge in [0.05, 0.1) is 26.4 Å². The summed E-state index contributed by atoms with van der Waals surface area (Å²) < 4.78 is 14.7. The zero-order valence-electron chi connectivity index (χ0n) is 8.67. The van der Waals surface area contributed by atoms with Crippen molar-refractivity contribution in [3.63, 3.8) is 0 Å². The van der Waals surface area contributed by atoms with E-state index in [0.717, 1.165) is 0 Å². The second kappa shape index (κ2) is 4.89. The molecule has 1 rings (SSSR count). The van der Waals surface area contributed by atoms with Crippen LogP contribution in [-0.2, 0) is 4.74 Å². The molecule has 1 aromatic carbocycles. The molecule has 82 valence electrons. The largest absolute Gasteiger partial charge is 0.496 e. The molecular formula is C10H11ClO4. The van der Waals surface area contributed by atoms with E-state index in [1.165, 1.54) is 21.3 Å². The molecule has 0 N–H and O–H groups in total. The minimum atomic E-state index is -0.550. The molecule has 0 radical (unpaired) electrons. The predicted octanol–water partition coefficient (Wildman–Crippen LogP) is 2.14. The Morgan fingerprint density at radius 2 is 1.87 bits per heavy atom. The van der Waals surface area contributed by atoms with Gasteiger partial charge in [-0.05, 0) is 12.1 Å². The lowest BCUT2D eigenvalue weighted by atomic mass is 10.2. The van der Waals surface area contributed by atoms with Crippen molar-refractivity contribution < 1.29 is 19.0 Å². The van der Waals surface area contributed by atoms with Crippen molar-refractivity contribution in [2.24, 2.45) is 0 Å². The maximum atomic E-state index is 11.5. The lowest BCUT2D eigenvalue weighted by molar-refractivity contribution is 0.0593. The monoisotopic (exact) mass is 230 g/mol. The van der Waals surface area contributed by atoms with E-state index < -0.39 is 5.97 Å². The molecule has 0 spiro atoms. The summed E-state index contributed by atoms with van der Waals surface area (Å²) in [5.74, 6) is 0.0668. The van der Waals surface area contributed by atoms with E-state index in [2.05, 4.69) is 4.74 Å². The third-order valence-electron chi connectivity index (χ3n) is 1.88. The number of hydrogen-bond acceptors (Lipinski definition) is 4. The number of methoxy groups -OCH3 is 3. The highest BCUT2D eigenvalue weighted by molar-refractivity contribution is 6.32. The Labute approximate surface area is 92.7 Å². The highest BCUT2D eigenvalue weighted by Crippen LogP contribution is 2.35. The summed E-state index contributed by atoms with van der Waals surface area (Å²) in [5, 5.41) is 0.332. The van der Waals surface area contributed by atoms with Gasteiger partial charge in [0.2, 0.25) is 0 Å². The zero-order valence-corrected chi connectivity index (χ0v) is 9.42. The van der Waals surface area contributed by atoms with Gasteiger partial charge in [-0.3, -0.25) is 0 Å². The summed E-state index contributed by atoms with van der Waals surface area (Å²) in [4.78, 5) is 11.5. The van der Waals surface area contributed by atoms with Gasteiger partial charge in [0, 0.05) is 0 Å². The van der Waals surface area contributed by atoms with Crippen molar-refractivity contribution in [2.45, 2.75) is 0 Å². The second-order valence-electron chi connectivity index (χ2n) is 2.65. The first kappa shape index (κ1) is 11.7. The quantitative estimate of drug-likeness (QED) is 0.747. The van der Waals surface area contributed by atoms with Crippen LogP contribution in [-0.4, -0.2) is 27.3 Å². The van der Waals surface area contributed by atoms with E-state index in [9.17, 15) is 4.79 Å². The highest BCUT2D eigenvalue weighted by atomic mass is 35.5. The molecule has 0 aliphatic carbocycles. The molecule has 0 amide bonds. The average Bonchev–Trinajstić information content (AvgIpc) is 2.27. The number of rotatable bonds is 3. The Hall–Kier alpha value is -1.42. The molecule has 5 heteroatoms. The average molecular weight is 231 g/mol. The molecule has 1 aromatic rings. The molecular weight excluding hydrogens is 220 g/mol. The third-order valence-corrected chi connectivity index (χ3v) is 2.18. The molecule has 15 heavy (non-hydrogen) atoms. The number of carbonyl (C=O) groups is 1. The maximum absolute atomic E-state index is 11.5. The van der Waals surface area contributed by atoms with Gasteiger partial charge in [-0.25, -0.2) is 4.79 Å². The molecule has 0 fully saturated rings. The Morgan fingerprint density at radius 3 is 2.33 bits per heavy atom. The minimum Gasteiger partial charge on any atom is -0.496 e. The lowest BCUT2D eigenvalue weighted by Gasteiger charge is -2.12. The van der Waals surface area contributed by atoms with Crippen molar-refractivity contribution in [3.05, 3.63) is 22.7 Å². The fourth-order valence-electron chi connectivity index (χ4n) is 1.20. The van der Waals surface area contributed by atoms with Crippen molar-refractivity contribution in [1.82, 2.24) is 0 Å². The molecule has 0 bridgehead atoms. The number of benzene rings is 1. The first-order valence-electron chi connectivity index (χ1n) is 4.14. The van der Waals surface area contributed by atoms with Crippen LogP contribution in [0.25, 0.3) is 0 Å². The van der Waals surface area contributed by atoms with Crippen molar-refractivity contribution in [1.29, 1.82) is 0 Å². The van der Waals surface area contributed by atoms with E-state index in [1.807, 2.05) is 0 Å². The highest BCUT2D eigenvalue weighted by Gasteiger charge is 2.21. The normalized spacial score (nSPS) is 9.60.